The maximum absolute atomic E-state index is 14.2. The topological polar surface area (TPSA) is 78.2 Å². The first-order valence-corrected chi connectivity index (χ1v) is 11.9. The summed E-state index contributed by atoms with van der Waals surface area (Å²) in [4.78, 5) is 24.8. The second-order valence-corrected chi connectivity index (χ2v) is 8.81. The largest absolute Gasteiger partial charge is 0.495 e. The number of aromatic nitrogens is 2. The molecule has 0 radical (unpaired) electrons. The van der Waals surface area contributed by atoms with Gasteiger partial charge in [0.2, 0.25) is 0 Å². The Labute approximate surface area is 212 Å². The number of aryl methyl sites for hydroxylation is 1. The number of oxime groups is 1. The first-order valence-electron chi connectivity index (χ1n) is 11.9. The summed E-state index contributed by atoms with van der Waals surface area (Å²) in [6.45, 7) is 4.01. The summed E-state index contributed by atoms with van der Waals surface area (Å²) in [5.74, 6) is -1.38. The van der Waals surface area contributed by atoms with Crippen LogP contribution in [0.25, 0.3) is 11.8 Å². The molecule has 2 aliphatic heterocycles. The third-order valence-electron chi connectivity index (χ3n) is 6.36. The van der Waals surface area contributed by atoms with Crippen molar-refractivity contribution in [3.63, 3.8) is 0 Å². The number of carbonyl (C=O) groups excluding carboxylic acids is 1. The Morgan fingerprint density at radius 1 is 1.22 bits per heavy atom. The molecule has 10 heteroatoms. The minimum atomic E-state index is -1.92. The van der Waals surface area contributed by atoms with Crippen molar-refractivity contribution in [1.29, 1.82) is 0 Å². The van der Waals surface area contributed by atoms with Gasteiger partial charge in [-0.05, 0) is 68.2 Å². The molecule has 0 spiro atoms. The van der Waals surface area contributed by atoms with Gasteiger partial charge in [0.25, 0.3) is 0 Å². The van der Waals surface area contributed by atoms with Crippen molar-refractivity contribution >= 4 is 17.9 Å². The number of hydrogen-bond acceptors (Lipinski definition) is 7. The monoisotopic (exact) mass is 508 g/mol. The fraction of sp³-hybridized carbons (Fsp3) is 0.296. The molecule has 1 fully saturated rings. The first-order chi connectivity index (χ1) is 17.8. The molecule has 5 rings (SSSR count). The van der Waals surface area contributed by atoms with E-state index in [1.807, 2.05) is 42.0 Å². The van der Waals surface area contributed by atoms with Gasteiger partial charge in [0.1, 0.15) is 17.4 Å². The molecule has 1 saturated heterocycles. The van der Waals surface area contributed by atoms with Crippen LogP contribution in [0.4, 0.5) is 8.78 Å². The van der Waals surface area contributed by atoms with Gasteiger partial charge in [-0.2, -0.15) is 0 Å². The maximum Gasteiger partial charge on any atom is 0.380 e. The van der Waals surface area contributed by atoms with E-state index >= 15 is 0 Å². The van der Waals surface area contributed by atoms with Crippen molar-refractivity contribution in [1.82, 2.24) is 14.5 Å². The number of hydrogen-bond donors (Lipinski definition) is 0. The lowest BCUT2D eigenvalue weighted by atomic mass is 9.94. The molecule has 0 N–H and O–H groups in total. The van der Waals surface area contributed by atoms with Crippen LogP contribution in [0.15, 0.2) is 59.7 Å². The van der Waals surface area contributed by atoms with E-state index in [4.69, 9.17) is 14.3 Å². The van der Waals surface area contributed by atoms with E-state index in [2.05, 4.69) is 10.1 Å². The minimum absolute atomic E-state index is 0.0231. The van der Waals surface area contributed by atoms with Gasteiger partial charge < -0.3 is 23.8 Å². The zero-order valence-corrected chi connectivity index (χ0v) is 20.7. The van der Waals surface area contributed by atoms with E-state index < -0.39 is 23.3 Å². The molecular weight excluding hydrogens is 482 g/mol. The van der Waals surface area contributed by atoms with Crippen molar-refractivity contribution in [2.75, 3.05) is 20.3 Å². The molecule has 1 unspecified atom stereocenters. The van der Waals surface area contributed by atoms with Crippen molar-refractivity contribution in [3.05, 3.63) is 83.0 Å². The Kier molecular flexibility index (Phi) is 6.41. The van der Waals surface area contributed by atoms with Gasteiger partial charge in [-0.15, -0.1) is 0 Å². The van der Waals surface area contributed by atoms with Gasteiger partial charge in [0.05, 0.1) is 31.4 Å². The second-order valence-electron chi connectivity index (χ2n) is 8.81. The molecule has 0 aliphatic carbocycles. The highest BCUT2D eigenvalue weighted by Gasteiger charge is 2.57. The molecule has 1 atom stereocenters. The molecule has 2 aromatic carbocycles. The van der Waals surface area contributed by atoms with Crippen molar-refractivity contribution in [2.45, 2.75) is 32.4 Å². The molecule has 0 bridgehead atoms. The molecule has 3 aromatic rings. The lowest BCUT2D eigenvalue weighted by molar-refractivity contribution is -0.189. The van der Waals surface area contributed by atoms with Crippen LogP contribution in [0, 0.1) is 18.6 Å². The summed E-state index contributed by atoms with van der Waals surface area (Å²) in [6, 6.07) is 8.64. The molecule has 0 saturated carbocycles. The molecule has 8 nitrogen and oxygen atoms in total. The average Bonchev–Trinajstić information content (AvgIpc) is 3.48. The predicted octanol–water partition coefficient (Wildman–Crippen LogP) is 4.71. The van der Waals surface area contributed by atoms with E-state index in [1.54, 1.807) is 25.3 Å². The van der Waals surface area contributed by atoms with Crippen LogP contribution in [0.3, 0.4) is 0 Å². The highest BCUT2D eigenvalue weighted by molar-refractivity contribution is 6.06. The smallest absolute Gasteiger partial charge is 0.380 e. The molecule has 37 heavy (non-hydrogen) atoms. The third-order valence-corrected chi connectivity index (χ3v) is 6.36. The van der Waals surface area contributed by atoms with Crippen LogP contribution in [-0.2, 0) is 20.1 Å². The number of nitrogens with zero attached hydrogens (tertiary/aromatic N) is 4. The SMILES string of the molecule is CCOC(=O)C1(c2cc(F)cc(F)c2)ON=C2/C(=C/c3ccc(-n4cnc(C)c4)c(OC)c3)CCCN21. The van der Waals surface area contributed by atoms with Gasteiger partial charge in [0, 0.05) is 24.4 Å². The third kappa shape index (κ3) is 4.32. The van der Waals surface area contributed by atoms with E-state index in [0.717, 1.165) is 40.7 Å². The average molecular weight is 509 g/mol. The van der Waals surface area contributed by atoms with Gasteiger partial charge >= 0.3 is 11.7 Å². The Morgan fingerprint density at radius 3 is 2.68 bits per heavy atom. The summed E-state index contributed by atoms with van der Waals surface area (Å²) < 4.78 is 41.2. The first kappa shape index (κ1) is 24.5. The molecule has 2 aliphatic rings. The van der Waals surface area contributed by atoms with Crippen molar-refractivity contribution in [2.24, 2.45) is 5.16 Å². The van der Waals surface area contributed by atoms with Crippen LogP contribution >= 0.6 is 0 Å². The van der Waals surface area contributed by atoms with Gasteiger partial charge in [-0.25, -0.2) is 18.6 Å². The molecular formula is C27H26F2N4O4. The maximum atomic E-state index is 14.2. The molecule has 192 valence electrons. The number of rotatable bonds is 6. The van der Waals surface area contributed by atoms with E-state index in [0.29, 0.717) is 31.0 Å². The summed E-state index contributed by atoms with van der Waals surface area (Å²) in [7, 11) is 1.60. The number of benzene rings is 2. The summed E-state index contributed by atoms with van der Waals surface area (Å²) in [5, 5.41) is 4.22. The molecule has 0 amide bonds. The minimum Gasteiger partial charge on any atom is -0.495 e. The number of amidine groups is 1. The quantitative estimate of drug-likeness (QED) is 0.449. The number of piperidine rings is 1. The fourth-order valence-corrected chi connectivity index (χ4v) is 4.73. The lowest BCUT2D eigenvalue weighted by Crippen LogP contribution is -2.54. The number of carbonyl (C=O) groups is 1. The number of ether oxygens (including phenoxy) is 2. The zero-order valence-electron chi connectivity index (χ0n) is 20.7. The standard InChI is InChI=1S/C27H26F2N4O4/c1-4-36-26(34)27(20-12-21(28)14-22(29)13-20)33-9-5-6-19(25(33)31-37-27)10-18-7-8-23(24(11-18)35-3)32-15-17(2)30-16-32/h7-8,10-16H,4-6,9H2,1-3H3/b19-10+. The fourth-order valence-electron chi connectivity index (χ4n) is 4.73. The lowest BCUT2D eigenvalue weighted by Gasteiger charge is -2.37. The predicted molar refractivity (Wildman–Crippen MR) is 132 cm³/mol. The van der Waals surface area contributed by atoms with Crippen LogP contribution in [-0.4, -0.2) is 46.5 Å². The van der Waals surface area contributed by atoms with E-state index in [9.17, 15) is 13.6 Å². The molecule has 1 aromatic heterocycles. The Morgan fingerprint density at radius 2 is 2.00 bits per heavy atom. The zero-order chi connectivity index (χ0) is 26.2. The summed E-state index contributed by atoms with van der Waals surface area (Å²) in [6.07, 6.45) is 6.90. The molecule has 3 heterocycles. The van der Waals surface area contributed by atoms with Crippen molar-refractivity contribution in [3.8, 4) is 11.4 Å². The number of halogens is 2. The number of methoxy groups -OCH3 is 1. The normalized spacial score (nSPS) is 19.9. The van der Waals surface area contributed by atoms with Gasteiger partial charge in [-0.3, -0.25) is 0 Å². The highest BCUT2D eigenvalue weighted by Crippen LogP contribution is 2.42. The van der Waals surface area contributed by atoms with Crippen LogP contribution < -0.4 is 4.74 Å². The summed E-state index contributed by atoms with van der Waals surface area (Å²) in [5.41, 5.74) is 1.44. The van der Waals surface area contributed by atoms with Crippen molar-refractivity contribution < 1.29 is 27.9 Å². The number of imidazole rings is 1. The summed E-state index contributed by atoms with van der Waals surface area (Å²) >= 11 is 0. The van der Waals surface area contributed by atoms with Gasteiger partial charge in [0.15, 0.2) is 5.84 Å². The highest BCUT2D eigenvalue weighted by atomic mass is 19.1. The van der Waals surface area contributed by atoms with E-state index in [1.165, 1.54) is 0 Å². The van der Waals surface area contributed by atoms with Crippen LogP contribution in [0.1, 0.15) is 36.6 Å². The number of esters is 1. The Balaban J connectivity index is 1.53. The van der Waals surface area contributed by atoms with Crippen LogP contribution in [0.5, 0.6) is 5.75 Å². The second kappa shape index (κ2) is 9.68. The number of fused-ring (bicyclic) bond motifs is 1. The Hall–Kier alpha value is -4.21. The van der Waals surface area contributed by atoms with Gasteiger partial charge in [-0.1, -0.05) is 11.2 Å². The van der Waals surface area contributed by atoms with Crippen LogP contribution in [0.2, 0.25) is 0 Å². The van der Waals surface area contributed by atoms with E-state index in [-0.39, 0.29) is 12.2 Å². The Bertz CT molecular complexity index is 1400.